The zero-order chi connectivity index (χ0) is 33.3. The Kier molecular flexibility index (Phi) is 11.6. The van der Waals surface area contributed by atoms with Gasteiger partial charge < -0.3 is 24.8 Å². The molecule has 0 saturated heterocycles. The number of aromatic nitrogens is 1. The Bertz CT molecular complexity index is 1610. The topological polar surface area (TPSA) is 101 Å². The van der Waals surface area contributed by atoms with Crippen molar-refractivity contribution in [3.05, 3.63) is 102 Å². The van der Waals surface area contributed by atoms with Gasteiger partial charge in [-0.15, -0.1) is 0 Å². The lowest BCUT2D eigenvalue weighted by atomic mass is 9.94. The van der Waals surface area contributed by atoms with Crippen LogP contribution in [0.4, 0.5) is 10.1 Å². The molecular weight excluding hydrogens is 595 g/mol. The van der Waals surface area contributed by atoms with Crippen LogP contribution in [-0.4, -0.2) is 45.0 Å². The number of nitrogens with one attached hydrogen (secondary N) is 1. The van der Waals surface area contributed by atoms with Gasteiger partial charge in [-0.2, -0.15) is 0 Å². The summed E-state index contributed by atoms with van der Waals surface area (Å²) >= 11 is 0. The van der Waals surface area contributed by atoms with Gasteiger partial charge in [-0.25, -0.2) is 4.39 Å². The third-order valence-corrected chi connectivity index (χ3v) is 8.77. The maximum Gasteiger partial charge on any atom is 0.308 e. The first-order chi connectivity index (χ1) is 22.7. The van der Waals surface area contributed by atoms with Crippen molar-refractivity contribution < 1.29 is 28.9 Å². The highest BCUT2D eigenvalue weighted by atomic mass is 19.1. The summed E-state index contributed by atoms with van der Waals surface area (Å²) < 4.78 is 21.8. The summed E-state index contributed by atoms with van der Waals surface area (Å²) in [6, 6.07) is 25.1. The van der Waals surface area contributed by atoms with E-state index < -0.39 is 18.2 Å². The standard InChI is InChI=1S/C39H45FN2O5/c1-26(2)37-36(39(46)41-30-14-8-4-9-15-30)35(27-12-6-3-7-13-27)38(28-18-20-29(40)21-19-28)42(37)23-22-31(43)24-32(44)25-34(45)47-33-16-10-5-11-17-33/h3-4,6-9,12-15,18-21,26,31-33,43-44H,5,10-11,16-17,22-25H2,1-2H3,(H,41,46)/t31-,32-/m1/s1. The van der Waals surface area contributed by atoms with Crippen LogP contribution in [0.15, 0.2) is 84.9 Å². The molecule has 0 aliphatic heterocycles. The molecular formula is C39H45FN2O5. The Hall–Kier alpha value is -4.27. The second-order valence-corrected chi connectivity index (χ2v) is 12.8. The molecule has 1 saturated carbocycles. The fourth-order valence-corrected chi connectivity index (χ4v) is 6.61. The van der Waals surface area contributed by atoms with Gasteiger partial charge in [-0.1, -0.05) is 68.8 Å². The van der Waals surface area contributed by atoms with E-state index >= 15 is 0 Å². The first-order valence-corrected chi connectivity index (χ1v) is 16.7. The molecule has 47 heavy (non-hydrogen) atoms. The molecule has 1 aliphatic rings. The lowest BCUT2D eigenvalue weighted by Crippen LogP contribution is -2.26. The molecule has 0 unspecified atom stereocenters. The predicted octanol–water partition coefficient (Wildman–Crippen LogP) is 8.10. The number of amides is 1. The molecule has 1 fully saturated rings. The summed E-state index contributed by atoms with van der Waals surface area (Å²) in [7, 11) is 0. The van der Waals surface area contributed by atoms with Crippen LogP contribution in [0.25, 0.3) is 22.4 Å². The highest BCUT2D eigenvalue weighted by molar-refractivity contribution is 6.12. The van der Waals surface area contributed by atoms with Gasteiger partial charge in [0, 0.05) is 23.5 Å². The van der Waals surface area contributed by atoms with Gasteiger partial charge in [-0.05, 0) is 92.0 Å². The average Bonchev–Trinajstić information content (AvgIpc) is 3.41. The van der Waals surface area contributed by atoms with E-state index in [0.717, 1.165) is 54.6 Å². The molecule has 1 aliphatic carbocycles. The van der Waals surface area contributed by atoms with Crippen LogP contribution in [0, 0.1) is 5.82 Å². The number of esters is 1. The van der Waals surface area contributed by atoms with Crippen molar-refractivity contribution in [2.45, 2.75) is 96.0 Å². The Morgan fingerprint density at radius 2 is 1.51 bits per heavy atom. The quantitative estimate of drug-likeness (QED) is 0.128. The summed E-state index contributed by atoms with van der Waals surface area (Å²) in [5, 5.41) is 24.8. The first kappa shape index (κ1) is 34.1. The molecule has 7 nitrogen and oxygen atoms in total. The summed E-state index contributed by atoms with van der Waals surface area (Å²) in [4.78, 5) is 26.7. The van der Waals surface area contributed by atoms with Crippen molar-refractivity contribution in [2.75, 3.05) is 5.32 Å². The molecule has 4 aromatic rings. The molecule has 8 heteroatoms. The number of anilines is 1. The minimum Gasteiger partial charge on any atom is -0.462 e. The van der Waals surface area contributed by atoms with Crippen molar-refractivity contribution in [3.8, 4) is 22.4 Å². The molecule has 3 aromatic carbocycles. The number of para-hydroxylation sites is 1. The van der Waals surface area contributed by atoms with Crippen LogP contribution < -0.4 is 5.32 Å². The van der Waals surface area contributed by atoms with Gasteiger partial charge >= 0.3 is 5.97 Å². The molecule has 1 aromatic heterocycles. The van der Waals surface area contributed by atoms with E-state index in [-0.39, 0.29) is 43.0 Å². The van der Waals surface area contributed by atoms with Gasteiger partial charge in [0.1, 0.15) is 11.9 Å². The fourth-order valence-electron chi connectivity index (χ4n) is 6.61. The van der Waals surface area contributed by atoms with Crippen LogP contribution in [0.2, 0.25) is 0 Å². The van der Waals surface area contributed by atoms with Crippen LogP contribution in [-0.2, 0) is 16.1 Å². The third kappa shape index (κ3) is 8.76. The number of halogens is 1. The highest BCUT2D eigenvalue weighted by Crippen LogP contribution is 2.42. The minimum atomic E-state index is -1.04. The normalized spacial score (nSPS) is 14.9. The Labute approximate surface area is 276 Å². The Balaban J connectivity index is 1.47. The smallest absolute Gasteiger partial charge is 0.308 e. The maximum absolute atomic E-state index is 14.2. The molecule has 0 radical (unpaired) electrons. The molecule has 2 atom stereocenters. The lowest BCUT2D eigenvalue weighted by Gasteiger charge is -2.23. The molecule has 248 valence electrons. The molecule has 0 spiro atoms. The zero-order valence-corrected chi connectivity index (χ0v) is 27.2. The minimum absolute atomic E-state index is 0.0107. The number of carbonyl (C=O) groups excluding carboxylic acids is 2. The van der Waals surface area contributed by atoms with Crippen molar-refractivity contribution in [2.24, 2.45) is 0 Å². The van der Waals surface area contributed by atoms with Crippen LogP contribution in [0.5, 0.6) is 0 Å². The number of nitrogens with zero attached hydrogens (tertiary/aromatic N) is 1. The Morgan fingerprint density at radius 1 is 0.872 bits per heavy atom. The Morgan fingerprint density at radius 3 is 2.15 bits per heavy atom. The number of aliphatic hydroxyl groups is 2. The van der Waals surface area contributed by atoms with Gasteiger partial charge in [0.05, 0.1) is 29.9 Å². The molecule has 3 N–H and O–H groups in total. The van der Waals surface area contributed by atoms with E-state index in [1.807, 2.05) is 79.1 Å². The van der Waals surface area contributed by atoms with E-state index in [1.165, 1.54) is 12.1 Å². The van der Waals surface area contributed by atoms with Crippen molar-refractivity contribution >= 4 is 17.6 Å². The first-order valence-electron chi connectivity index (χ1n) is 16.7. The predicted molar refractivity (Wildman–Crippen MR) is 183 cm³/mol. The number of benzene rings is 3. The second-order valence-electron chi connectivity index (χ2n) is 12.8. The van der Waals surface area contributed by atoms with E-state index in [1.54, 1.807) is 12.1 Å². The van der Waals surface area contributed by atoms with Gasteiger partial charge in [0.15, 0.2) is 0 Å². The largest absolute Gasteiger partial charge is 0.462 e. The zero-order valence-electron chi connectivity index (χ0n) is 27.2. The number of carbonyl (C=O) groups is 2. The number of hydrogen-bond acceptors (Lipinski definition) is 5. The second kappa shape index (κ2) is 16.0. The van der Waals surface area contributed by atoms with Crippen molar-refractivity contribution in [1.82, 2.24) is 4.57 Å². The highest BCUT2D eigenvalue weighted by Gasteiger charge is 2.31. The maximum atomic E-state index is 14.2. The molecule has 0 bridgehead atoms. The third-order valence-electron chi connectivity index (χ3n) is 8.77. The van der Waals surface area contributed by atoms with Gasteiger partial charge in [0.2, 0.25) is 0 Å². The summed E-state index contributed by atoms with van der Waals surface area (Å²) in [5.41, 5.74) is 4.96. The number of hydrogen-bond donors (Lipinski definition) is 3. The molecule has 1 amide bonds. The van der Waals surface area contributed by atoms with E-state index in [2.05, 4.69) is 5.32 Å². The molecule has 1 heterocycles. The number of ether oxygens (including phenoxy) is 1. The number of rotatable bonds is 13. The SMILES string of the molecule is CC(C)c1c(C(=O)Nc2ccccc2)c(-c2ccccc2)c(-c2ccc(F)cc2)n1CC[C@@H](O)C[C@@H](O)CC(=O)OC1CCCCC1. The lowest BCUT2D eigenvalue weighted by molar-refractivity contribution is -0.153. The van der Waals surface area contributed by atoms with E-state index in [0.29, 0.717) is 23.4 Å². The average molecular weight is 641 g/mol. The van der Waals surface area contributed by atoms with Crippen molar-refractivity contribution in [1.29, 1.82) is 0 Å². The monoisotopic (exact) mass is 640 g/mol. The van der Waals surface area contributed by atoms with Crippen LogP contribution >= 0.6 is 0 Å². The fraction of sp³-hybridized carbons (Fsp3) is 0.385. The van der Waals surface area contributed by atoms with Gasteiger partial charge in [-0.3, -0.25) is 9.59 Å². The van der Waals surface area contributed by atoms with Gasteiger partial charge in [0.25, 0.3) is 5.91 Å². The number of aliphatic hydroxyl groups excluding tert-OH is 2. The summed E-state index contributed by atoms with van der Waals surface area (Å²) in [5.74, 6) is -1.18. The van der Waals surface area contributed by atoms with E-state index in [4.69, 9.17) is 4.74 Å². The summed E-state index contributed by atoms with van der Waals surface area (Å²) in [6.07, 6.45) is 2.98. The summed E-state index contributed by atoms with van der Waals surface area (Å²) in [6.45, 7) is 4.36. The van der Waals surface area contributed by atoms with Crippen LogP contribution in [0.3, 0.4) is 0 Å². The molecule has 5 rings (SSSR count). The van der Waals surface area contributed by atoms with Crippen molar-refractivity contribution in [3.63, 3.8) is 0 Å². The van der Waals surface area contributed by atoms with Crippen LogP contribution in [0.1, 0.15) is 87.2 Å². The van der Waals surface area contributed by atoms with E-state index in [9.17, 15) is 24.2 Å².